The van der Waals surface area contributed by atoms with E-state index in [1.807, 2.05) is 31.2 Å². The van der Waals surface area contributed by atoms with E-state index < -0.39 is 11.9 Å². The molecule has 0 saturated carbocycles. The first kappa shape index (κ1) is 32.1. The summed E-state index contributed by atoms with van der Waals surface area (Å²) in [7, 11) is 0. The Labute approximate surface area is 274 Å². The fourth-order valence-electron chi connectivity index (χ4n) is 4.65. The van der Waals surface area contributed by atoms with E-state index >= 15 is 0 Å². The van der Waals surface area contributed by atoms with Gasteiger partial charge in [-0.05, 0) is 115 Å². The van der Waals surface area contributed by atoms with Crippen molar-refractivity contribution in [1.82, 2.24) is 9.99 Å². The Kier molecular flexibility index (Phi) is 10.2. The molecule has 10 nitrogen and oxygen atoms in total. The van der Waals surface area contributed by atoms with E-state index in [0.29, 0.717) is 39.7 Å². The molecule has 0 radical (unpaired) electrons. The summed E-state index contributed by atoms with van der Waals surface area (Å²) in [5, 5.41) is 13.2. The van der Waals surface area contributed by atoms with Crippen molar-refractivity contribution >= 4 is 34.0 Å². The van der Waals surface area contributed by atoms with Crippen molar-refractivity contribution in [3.05, 3.63) is 129 Å². The second-order valence-electron chi connectivity index (χ2n) is 10.2. The second kappa shape index (κ2) is 14.7. The van der Waals surface area contributed by atoms with Crippen molar-refractivity contribution in [1.29, 1.82) is 0 Å². The lowest BCUT2D eigenvalue weighted by Crippen LogP contribution is -2.16. The normalized spacial score (nSPS) is 11.0. The van der Waals surface area contributed by atoms with E-state index in [4.69, 9.17) is 23.7 Å². The summed E-state index contributed by atoms with van der Waals surface area (Å²) in [6, 6.07) is 25.1. The summed E-state index contributed by atoms with van der Waals surface area (Å²) in [5.74, 6) is 0.747. The number of carboxylic acid groups (broad SMARTS) is 1. The van der Waals surface area contributed by atoms with E-state index in [9.17, 15) is 9.59 Å². The molecule has 0 aliphatic carbocycles. The molecule has 46 heavy (non-hydrogen) atoms. The topological polar surface area (TPSA) is 125 Å². The summed E-state index contributed by atoms with van der Waals surface area (Å²) < 4.78 is 26.1. The molecule has 3 aromatic carbocycles. The van der Waals surface area contributed by atoms with Crippen molar-refractivity contribution in [2.75, 3.05) is 6.61 Å². The average Bonchev–Trinajstić information content (AvgIpc) is 3.67. The van der Waals surface area contributed by atoms with Gasteiger partial charge in [0, 0.05) is 27.1 Å². The lowest BCUT2D eigenvalue weighted by molar-refractivity contribution is 0.0696. The monoisotopic (exact) mass is 685 g/mol. The van der Waals surface area contributed by atoms with Crippen LogP contribution in [0, 0.1) is 13.8 Å². The lowest BCUT2D eigenvalue weighted by atomic mass is 10.1. The van der Waals surface area contributed by atoms with E-state index in [-0.39, 0.29) is 24.5 Å². The number of furan rings is 1. The van der Waals surface area contributed by atoms with Gasteiger partial charge in [0.15, 0.2) is 17.3 Å². The number of hydrogen-bond donors (Lipinski definition) is 2. The molecule has 5 aromatic rings. The molecular formula is C35H32BrN3O7. The molecule has 2 N–H and O–H groups in total. The van der Waals surface area contributed by atoms with Gasteiger partial charge >= 0.3 is 11.9 Å². The number of ether oxygens (including phenoxy) is 3. The molecule has 2 heterocycles. The molecule has 0 saturated heterocycles. The largest absolute Gasteiger partial charge is 0.490 e. The highest BCUT2D eigenvalue weighted by atomic mass is 79.9. The molecule has 5 rings (SSSR count). The maximum Gasteiger partial charge on any atom is 0.335 e. The number of nitrogens with one attached hydrogen (secondary N) is 1. The zero-order valence-electron chi connectivity index (χ0n) is 25.5. The van der Waals surface area contributed by atoms with Crippen LogP contribution in [0.4, 0.5) is 0 Å². The minimum absolute atomic E-state index is 0.0962. The SMILES string of the molecule is CCOc1cc(/C=N/NC(=O)c2ccc(COc3ccc(-n4c(C)ccc4C)cc3)o2)c(Br)cc1OCc1ccc(C(=O)O)cc1. The van der Waals surface area contributed by atoms with Crippen LogP contribution in [0.2, 0.25) is 0 Å². The van der Waals surface area contributed by atoms with E-state index in [1.165, 1.54) is 18.3 Å². The first-order chi connectivity index (χ1) is 22.2. The van der Waals surface area contributed by atoms with Crippen LogP contribution in [0.1, 0.15) is 56.1 Å². The van der Waals surface area contributed by atoms with Crippen molar-refractivity contribution in [3.8, 4) is 22.9 Å². The van der Waals surface area contributed by atoms with E-state index in [0.717, 1.165) is 22.6 Å². The van der Waals surface area contributed by atoms with E-state index in [1.54, 1.807) is 36.4 Å². The Bertz CT molecular complexity index is 1840. The second-order valence-corrected chi connectivity index (χ2v) is 11.1. The van der Waals surface area contributed by atoms with Gasteiger partial charge in [0.2, 0.25) is 0 Å². The molecule has 0 atom stereocenters. The summed E-state index contributed by atoms with van der Waals surface area (Å²) in [5.41, 5.74) is 7.49. The smallest absolute Gasteiger partial charge is 0.335 e. The van der Waals surface area contributed by atoms with Gasteiger partial charge in [-0.15, -0.1) is 0 Å². The maximum absolute atomic E-state index is 12.7. The Hall–Kier alpha value is -5.29. The van der Waals surface area contributed by atoms with Crippen molar-refractivity contribution in [2.45, 2.75) is 34.0 Å². The third-order valence-electron chi connectivity index (χ3n) is 6.96. The quantitative estimate of drug-likeness (QED) is 0.0973. The minimum atomic E-state index is -0.987. The minimum Gasteiger partial charge on any atom is -0.490 e. The van der Waals surface area contributed by atoms with Crippen LogP contribution in [-0.2, 0) is 13.2 Å². The zero-order valence-corrected chi connectivity index (χ0v) is 27.0. The molecule has 11 heteroatoms. The molecule has 1 amide bonds. The fraction of sp³-hybridized carbons (Fsp3) is 0.171. The van der Waals surface area contributed by atoms with Crippen molar-refractivity contribution in [2.24, 2.45) is 5.10 Å². The Balaban J connectivity index is 1.15. The fourth-order valence-corrected chi connectivity index (χ4v) is 5.07. The van der Waals surface area contributed by atoms with Gasteiger partial charge in [-0.1, -0.05) is 12.1 Å². The van der Waals surface area contributed by atoms with Gasteiger partial charge in [0.25, 0.3) is 0 Å². The predicted octanol–water partition coefficient (Wildman–Crippen LogP) is 7.47. The number of rotatable bonds is 13. The lowest BCUT2D eigenvalue weighted by Gasteiger charge is -2.14. The molecule has 0 fully saturated rings. The van der Waals surface area contributed by atoms with Gasteiger partial charge in [0.05, 0.1) is 18.4 Å². The maximum atomic E-state index is 12.7. The predicted molar refractivity (Wildman–Crippen MR) is 176 cm³/mol. The van der Waals surface area contributed by atoms with Crippen LogP contribution in [-0.4, -0.2) is 34.4 Å². The number of aromatic nitrogens is 1. The summed E-state index contributed by atoms with van der Waals surface area (Å²) >= 11 is 3.52. The third-order valence-corrected chi connectivity index (χ3v) is 7.65. The van der Waals surface area contributed by atoms with Crippen LogP contribution in [0.3, 0.4) is 0 Å². The molecule has 2 aromatic heterocycles. The Morgan fingerprint density at radius 2 is 1.59 bits per heavy atom. The molecule has 0 unspecified atom stereocenters. The summed E-state index contributed by atoms with van der Waals surface area (Å²) in [6.07, 6.45) is 1.48. The standard InChI is InChI=1S/C35H32BrN3O7/c1-4-43-32-17-26(30(36)18-33(32)45-20-24-7-9-25(10-8-24)35(41)42)19-37-38-34(40)31-16-15-29(46-31)21-44-28-13-11-27(12-14-28)39-22(2)5-6-23(39)3/h5-19H,4,20-21H2,1-3H3,(H,38,40)(H,41,42)/b37-19+. The first-order valence-corrected chi connectivity index (χ1v) is 15.2. The van der Waals surface area contributed by atoms with Gasteiger partial charge in [-0.3, -0.25) is 4.79 Å². The molecular weight excluding hydrogens is 654 g/mol. The average molecular weight is 687 g/mol. The highest BCUT2D eigenvalue weighted by molar-refractivity contribution is 9.10. The van der Waals surface area contributed by atoms with Crippen LogP contribution in [0.15, 0.2) is 98.9 Å². The number of halogens is 1. The number of nitrogens with zero attached hydrogens (tertiary/aromatic N) is 2. The number of benzene rings is 3. The highest BCUT2D eigenvalue weighted by Gasteiger charge is 2.13. The number of aryl methyl sites for hydroxylation is 2. The molecule has 0 bridgehead atoms. The number of carbonyl (C=O) groups excluding carboxylic acids is 1. The van der Waals surface area contributed by atoms with Crippen LogP contribution in [0.25, 0.3) is 5.69 Å². The number of aromatic carboxylic acids is 1. The van der Waals surface area contributed by atoms with Gasteiger partial charge in [-0.25, -0.2) is 10.2 Å². The van der Waals surface area contributed by atoms with Gasteiger partial charge in [0.1, 0.15) is 24.7 Å². The summed E-state index contributed by atoms with van der Waals surface area (Å²) in [4.78, 5) is 23.7. The molecule has 0 spiro atoms. The number of amides is 1. The number of carboxylic acids is 1. The van der Waals surface area contributed by atoms with Crippen molar-refractivity contribution < 1.29 is 33.3 Å². The zero-order chi connectivity index (χ0) is 32.6. The number of hydrazone groups is 1. The van der Waals surface area contributed by atoms with E-state index in [2.05, 4.69) is 57.0 Å². The molecule has 0 aliphatic rings. The molecule has 236 valence electrons. The third kappa shape index (κ3) is 7.86. The number of hydrogen-bond acceptors (Lipinski definition) is 7. The first-order valence-electron chi connectivity index (χ1n) is 14.4. The Morgan fingerprint density at radius 1 is 0.891 bits per heavy atom. The molecule has 0 aliphatic heterocycles. The van der Waals surface area contributed by atoms with Crippen LogP contribution in [0.5, 0.6) is 17.2 Å². The highest BCUT2D eigenvalue weighted by Crippen LogP contribution is 2.34. The van der Waals surface area contributed by atoms with Gasteiger partial charge in [-0.2, -0.15) is 5.10 Å². The summed E-state index contributed by atoms with van der Waals surface area (Å²) in [6.45, 7) is 6.76. The van der Waals surface area contributed by atoms with Crippen molar-refractivity contribution in [3.63, 3.8) is 0 Å². The van der Waals surface area contributed by atoms with Crippen LogP contribution >= 0.6 is 15.9 Å². The Morgan fingerprint density at radius 3 is 2.26 bits per heavy atom. The number of carbonyl (C=O) groups is 2. The van der Waals surface area contributed by atoms with Gasteiger partial charge < -0.3 is 28.3 Å². The van der Waals surface area contributed by atoms with Crippen LogP contribution < -0.4 is 19.6 Å².